The van der Waals surface area contributed by atoms with Gasteiger partial charge in [-0.1, -0.05) is 36.4 Å². The minimum atomic E-state index is -4.58. The highest BCUT2D eigenvalue weighted by molar-refractivity contribution is 5.96. The molecule has 3 aromatic rings. The van der Waals surface area contributed by atoms with E-state index in [1.54, 1.807) is 17.0 Å². The molecule has 36 heavy (non-hydrogen) atoms. The first-order valence-electron chi connectivity index (χ1n) is 11.7. The maximum Gasteiger partial charge on any atom is 0.416 e. The topological polar surface area (TPSA) is 63.0 Å². The van der Waals surface area contributed by atoms with E-state index < -0.39 is 17.6 Å². The van der Waals surface area contributed by atoms with Gasteiger partial charge in [0.05, 0.1) is 24.5 Å². The molecule has 0 N–H and O–H groups in total. The van der Waals surface area contributed by atoms with Crippen molar-refractivity contribution < 1.29 is 31.9 Å². The van der Waals surface area contributed by atoms with Crippen molar-refractivity contribution in [3.63, 3.8) is 0 Å². The third-order valence-corrected chi connectivity index (χ3v) is 5.99. The van der Waals surface area contributed by atoms with Crippen LogP contribution in [0.3, 0.4) is 0 Å². The molecule has 2 heterocycles. The maximum absolute atomic E-state index is 13.5. The number of carbonyl (C=O) groups excluding carboxylic acids is 2. The number of halogens is 3. The van der Waals surface area contributed by atoms with E-state index in [2.05, 4.69) is 0 Å². The average Bonchev–Trinajstić information content (AvgIpc) is 3.57. The maximum atomic E-state index is 13.5. The standard InChI is InChI=1S/C27H27F3N2O4/c28-27(29,30)22-10-4-9-21(15-22)26(34)32(18-24-12-6-14-36-24)19-25(33)31(17-23-11-5-13-35-23)16-20-7-2-1-3-8-20/h1-5,7-11,13,15,24H,6,12,14,16-19H2. The number of hydrogen-bond donors (Lipinski definition) is 0. The van der Waals surface area contributed by atoms with Gasteiger partial charge in [0.2, 0.25) is 5.91 Å². The van der Waals surface area contributed by atoms with Crippen molar-refractivity contribution >= 4 is 11.8 Å². The van der Waals surface area contributed by atoms with Gasteiger partial charge in [0.1, 0.15) is 12.3 Å². The van der Waals surface area contributed by atoms with Gasteiger partial charge in [-0.25, -0.2) is 0 Å². The zero-order valence-electron chi connectivity index (χ0n) is 19.6. The zero-order valence-corrected chi connectivity index (χ0v) is 19.6. The van der Waals surface area contributed by atoms with E-state index in [9.17, 15) is 22.8 Å². The molecule has 1 aliphatic heterocycles. The van der Waals surface area contributed by atoms with Crippen LogP contribution in [0.1, 0.15) is 40.1 Å². The average molecular weight is 501 g/mol. The van der Waals surface area contributed by atoms with Crippen molar-refractivity contribution in [3.05, 3.63) is 95.4 Å². The smallest absolute Gasteiger partial charge is 0.416 e. The molecule has 1 aromatic heterocycles. The summed E-state index contributed by atoms with van der Waals surface area (Å²) in [6.07, 6.45) is -1.81. The van der Waals surface area contributed by atoms with Crippen molar-refractivity contribution in [1.82, 2.24) is 9.80 Å². The van der Waals surface area contributed by atoms with Crippen LogP contribution in [0, 0.1) is 0 Å². The molecule has 1 aliphatic rings. The van der Waals surface area contributed by atoms with Crippen LogP contribution in [0.5, 0.6) is 0 Å². The lowest BCUT2D eigenvalue weighted by Gasteiger charge is -2.29. The molecule has 1 fully saturated rings. The lowest BCUT2D eigenvalue weighted by atomic mass is 10.1. The number of amides is 2. The summed E-state index contributed by atoms with van der Waals surface area (Å²) in [6.45, 7) is 0.824. The number of furan rings is 1. The SMILES string of the molecule is O=C(CN(CC1CCCO1)C(=O)c1cccc(C(F)(F)F)c1)N(Cc1ccccc1)Cc1ccco1. The first kappa shape index (κ1) is 25.5. The molecule has 1 atom stereocenters. The van der Waals surface area contributed by atoms with E-state index >= 15 is 0 Å². The largest absolute Gasteiger partial charge is 0.467 e. The summed E-state index contributed by atoms with van der Waals surface area (Å²) in [5.74, 6) is -0.426. The molecular formula is C27H27F3N2O4. The van der Waals surface area contributed by atoms with Gasteiger partial charge >= 0.3 is 6.18 Å². The Labute approximate surface area is 207 Å². The Morgan fingerprint density at radius 1 is 0.944 bits per heavy atom. The highest BCUT2D eigenvalue weighted by atomic mass is 19.4. The van der Waals surface area contributed by atoms with Gasteiger partial charge in [-0.05, 0) is 48.7 Å². The molecule has 2 aromatic carbocycles. The Kier molecular flexibility index (Phi) is 8.10. The van der Waals surface area contributed by atoms with Crippen LogP contribution in [0.15, 0.2) is 77.4 Å². The summed E-state index contributed by atoms with van der Waals surface area (Å²) in [5, 5.41) is 0. The highest BCUT2D eigenvalue weighted by Crippen LogP contribution is 2.30. The molecule has 0 spiro atoms. The van der Waals surface area contributed by atoms with Crippen molar-refractivity contribution in [2.45, 2.75) is 38.2 Å². The number of carbonyl (C=O) groups is 2. The zero-order chi connectivity index (χ0) is 25.5. The van der Waals surface area contributed by atoms with E-state index in [1.807, 2.05) is 30.3 Å². The Morgan fingerprint density at radius 3 is 2.42 bits per heavy atom. The number of ether oxygens (including phenoxy) is 1. The van der Waals surface area contributed by atoms with E-state index in [4.69, 9.17) is 9.15 Å². The molecule has 2 amide bonds. The van der Waals surface area contributed by atoms with Crippen molar-refractivity contribution in [2.75, 3.05) is 19.7 Å². The van der Waals surface area contributed by atoms with Gasteiger partial charge in [-0.15, -0.1) is 0 Å². The monoisotopic (exact) mass is 500 g/mol. The molecule has 0 aliphatic carbocycles. The fraction of sp³-hybridized carbons (Fsp3) is 0.333. The van der Waals surface area contributed by atoms with Gasteiger partial charge in [-0.2, -0.15) is 13.2 Å². The normalized spacial score (nSPS) is 15.6. The number of nitrogens with zero attached hydrogens (tertiary/aromatic N) is 2. The molecule has 1 unspecified atom stereocenters. The molecule has 0 bridgehead atoms. The fourth-order valence-corrected chi connectivity index (χ4v) is 4.15. The van der Waals surface area contributed by atoms with Crippen LogP contribution in [-0.4, -0.2) is 47.4 Å². The molecular weight excluding hydrogens is 473 g/mol. The van der Waals surface area contributed by atoms with E-state index in [-0.39, 0.29) is 43.8 Å². The van der Waals surface area contributed by atoms with Gasteiger partial charge in [0.25, 0.3) is 5.91 Å². The summed E-state index contributed by atoms with van der Waals surface area (Å²) in [6, 6.07) is 17.1. The van der Waals surface area contributed by atoms with Crippen LogP contribution < -0.4 is 0 Å². The summed E-state index contributed by atoms with van der Waals surface area (Å²) in [7, 11) is 0. The Hall–Kier alpha value is -3.59. The van der Waals surface area contributed by atoms with Crippen LogP contribution in [0.25, 0.3) is 0 Å². The second kappa shape index (κ2) is 11.4. The molecule has 0 saturated carbocycles. The van der Waals surface area contributed by atoms with Gasteiger partial charge < -0.3 is 19.0 Å². The Morgan fingerprint density at radius 2 is 1.75 bits per heavy atom. The van der Waals surface area contributed by atoms with Crippen LogP contribution >= 0.6 is 0 Å². The van der Waals surface area contributed by atoms with Gasteiger partial charge in [-0.3, -0.25) is 9.59 Å². The van der Waals surface area contributed by atoms with Gasteiger partial charge in [0.15, 0.2) is 0 Å². The molecule has 0 radical (unpaired) electrons. The van der Waals surface area contributed by atoms with Gasteiger partial charge in [0, 0.05) is 25.3 Å². The van der Waals surface area contributed by atoms with E-state index in [1.165, 1.54) is 23.3 Å². The van der Waals surface area contributed by atoms with Crippen molar-refractivity contribution in [1.29, 1.82) is 0 Å². The first-order valence-corrected chi connectivity index (χ1v) is 11.7. The predicted octanol–water partition coefficient (Wildman–Crippen LogP) is 5.15. The van der Waals surface area contributed by atoms with Crippen molar-refractivity contribution in [2.24, 2.45) is 0 Å². The minimum absolute atomic E-state index is 0.112. The summed E-state index contributed by atoms with van der Waals surface area (Å²) < 4.78 is 50.8. The third-order valence-electron chi connectivity index (χ3n) is 5.99. The highest BCUT2D eigenvalue weighted by Gasteiger charge is 2.32. The lowest BCUT2D eigenvalue weighted by Crippen LogP contribution is -2.45. The van der Waals surface area contributed by atoms with Crippen LogP contribution in [0.4, 0.5) is 13.2 Å². The molecule has 6 nitrogen and oxygen atoms in total. The summed E-state index contributed by atoms with van der Waals surface area (Å²) >= 11 is 0. The minimum Gasteiger partial charge on any atom is -0.467 e. The van der Waals surface area contributed by atoms with Crippen LogP contribution in [-0.2, 0) is 28.8 Å². The molecule has 1 saturated heterocycles. The number of benzene rings is 2. The third kappa shape index (κ3) is 6.75. The summed E-state index contributed by atoms with van der Waals surface area (Å²) in [5.41, 5.74) is -0.149. The molecule has 9 heteroatoms. The molecule has 190 valence electrons. The quantitative estimate of drug-likeness (QED) is 0.408. The second-order valence-electron chi connectivity index (χ2n) is 8.71. The van der Waals surface area contributed by atoms with Crippen LogP contribution in [0.2, 0.25) is 0 Å². The lowest BCUT2D eigenvalue weighted by molar-refractivity contribution is -0.137. The molecule has 4 rings (SSSR count). The number of rotatable bonds is 9. The van der Waals surface area contributed by atoms with E-state index in [0.717, 1.165) is 24.1 Å². The van der Waals surface area contributed by atoms with E-state index in [0.29, 0.717) is 18.8 Å². The fourth-order valence-electron chi connectivity index (χ4n) is 4.15. The first-order chi connectivity index (χ1) is 17.3. The summed E-state index contributed by atoms with van der Waals surface area (Å²) in [4.78, 5) is 29.7. The Bertz CT molecular complexity index is 1140. The number of alkyl halides is 3. The Balaban J connectivity index is 1.57. The van der Waals surface area contributed by atoms with Crippen molar-refractivity contribution in [3.8, 4) is 0 Å². The second-order valence-corrected chi connectivity index (χ2v) is 8.71. The predicted molar refractivity (Wildman–Crippen MR) is 126 cm³/mol. The number of hydrogen-bond acceptors (Lipinski definition) is 4.